The van der Waals surface area contributed by atoms with Crippen LogP contribution in [0.25, 0.3) is 0 Å². The van der Waals surface area contributed by atoms with Crippen LogP contribution in [0.5, 0.6) is 0 Å². The highest BCUT2D eigenvalue weighted by molar-refractivity contribution is 7.89. The number of carbonyl (C=O) groups is 1. The minimum atomic E-state index is -3.59. The highest BCUT2D eigenvalue weighted by Crippen LogP contribution is 2.19. The number of sulfonamides is 1. The molecule has 0 radical (unpaired) electrons. The van der Waals surface area contributed by atoms with E-state index in [1.165, 1.54) is 6.20 Å². The topological polar surface area (TPSA) is 82.6 Å². The zero-order valence-electron chi connectivity index (χ0n) is 17.9. The number of benzene rings is 1. The van der Waals surface area contributed by atoms with E-state index in [9.17, 15) is 13.2 Å². The van der Waals surface area contributed by atoms with Gasteiger partial charge in [0.2, 0.25) is 10.0 Å². The van der Waals surface area contributed by atoms with Crippen LogP contribution in [-0.2, 0) is 10.0 Å². The smallest absolute Gasteiger partial charge is 0.253 e. The maximum absolute atomic E-state index is 12.8. The third-order valence-electron chi connectivity index (χ3n) is 5.29. The van der Waals surface area contributed by atoms with E-state index in [2.05, 4.69) is 14.6 Å². The average molecular weight is 465 g/mol. The summed E-state index contributed by atoms with van der Waals surface area (Å²) in [4.78, 5) is 21.2. The van der Waals surface area contributed by atoms with Crippen LogP contribution in [0, 0.1) is 0 Å². The third-order valence-corrected chi connectivity index (χ3v) is 7.10. The molecule has 1 aliphatic rings. The van der Waals surface area contributed by atoms with Gasteiger partial charge in [0.15, 0.2) is 0 Å². The van der Waals surface area contributed by atoms with Gasteiger partial charge in [0.05, 0.1) is 0 Å². The standard InChI is InChI=1S/C22H29ClN4O3S/c1-3-6-17(2)25-31(29,30)20-9-10-21(24-16-20)26-11-5-12-27(14-13-26)22(28)18-7-4-8-19(23)15-18/h4,7-10,15-17,25H,3,5-6,11-14H2,1-2H3. The van der Waals surface area contributed by atoms with Gasteiger partial charge in [-0.05, 0) is 50.1 Å². The molecule has 168 valence electrons. The molecule has 9 heteroatoms. The molecule has 1 unspecified atom stereocenters. The van der Waals surface area contributed by atoms with Crippen LogP contribution in [0.3, 0.4) is 0 Å². The van der Waals surface area contributed by atoms with Crippen molar-refractivity contribution in [2.24, 2.45) is 0 Å². The summed E-state index contributed by atoms with van der Waals surface area (Å²) in [6.45, 7) is 6.45. The molecule has 7 nitrogen and oxygen atoms in total. The quantitative estimate of drug-likeness (QED) is 0.677. The number of hydrogen-bond donors (Lipinski definition) is 1. The Balaban J connectivity index is 1.64. The van der Waals surface area contributed by atoms with Crippen molar-refractivity contribution in [3.63, 3.8) is 0 Å². The molecule has 1 fully saturated rings. The van der Waals surface area contributed by atoms with Crippen LogP contribution in [0.4, 0.5) is 5.82 Å². The fourth-order valence-electron chi connectivity index (χ4n) is 3.70. The molecule has 3 rings (SSSR count). The lowest BCUT2D eigenvalue weighted by Crippen LogP contribution is -2.35. The number of halogens is 1. The van der Waals surface area contributed by atoms with Crippen molar-refractivity contribution in [1.29, 1.82) is 0 Å². The van der Waals surface area contributed by atoms with Crippen LogP contribution in [-0.4, -0.2) is 56.4 Å². The van der Waals surface area contributed by atoms with Crippen molar-refractivity contribution in [2.45, 2.75) is 44.0 Å². The normalized spacial score (nSPS) is 16.1. The largest absolute Gasteiger partial charge is 0.355 e. The van der Waals surface area contributed by atoms with E-state index >= 15 is 0 Å². The molecule has 2 heterocycles. The fourth-order valence-corrected chi connectivity index (χ4v) is 5.11. The molecule has 1 N–H and O–H groups in total. The van der Waals surface area contributed by atoms with Crippen LogP contribution in [0.2, 0.25) is 5.02 Å². The Morgan fingerprint density at radius 2 is 2.00 bits per heavy atom. The highest BCUT2D eigenvalue weighted by Gasteiger charge is 2.22. The lowest BCUT2D eigenvalue weighted by Gasteiger charge is -2.23. The number of hydrogen-bond acceptors (Lipinski definition) is 5. The molecule has 2 aromatic rings. The number of carbonyl (C=O) groups excluding carboxylic acids is 1. The van der Waals surface area contributed by atoms with E-state index in [1.807, 2.05) is 18.7 Å². The van der Waals surface area contributed by atoms with E-state index in [0.29, 0.717) is 36.0 Å². The van der Waals surface area contributed by atoms with E-state index in [1.54, 1.807) is 36.4 Å². The molecule has 1 atom stereocenters. The molecule has 1 aromatic carbocycles. The van der Waals surface area contributed by atoms with E-state index in [-0.39, 0.29) is 16.8 Å². The summed E-state index contributed by atoms with van der Waals surface area (Å²) >= 11 is 6.02. The summed E-state index contributed by atoms with van der Waals surface area (Å²) in [5.74, 6) is 0.670. The lowest BCUT2D eigenvalue weighted by atomic mass is 10.2. The Hall–Kier alpha value is -2.16. The van der Waals surface area contributed by atoms with Crippen molar-refractivity contribution >= 4 is 33.3 Å². The minimum absolute atomic E-state index is 0.0361. The zero-order valence-corrected chi connectivity index (χ0v) is 19.5. The van der Waals surface area contributed by atoms with Gasteiger partial charge in [-0.1, -0.05) is 31.0 Å². The lowest BCUT2D eigenvalue weighted by molar-refractivity contribution is 0.0767. The monoisotopic (exact) mass is 464 g/mol. The number of anilines is 1. The van der Waals surface area contributed by atoms with Gasteiger partial charge in [0.25, 0.3) is 5.91 Å². The second kappa shape index (κ2) is 10.4. The van der Waals surface area contributed by atoms with Crippen LogP contribution in [0.1, 0.15) is 43.5 Å². The first-order valence-electron chi connectivity index (χ1n) is 10.6. The second-order valence-electron chi connectivity index (χ2n) is 7.81. The molecule has 0 saturated carbocycles. The second-order valence-corrected chi connectivity index (χ2v) is 9.96. The molecular formula is C22H29ClN4O3S. The van der Waals surface area contributed by atoms with Gasteiger partial charge < -0.3 is 9.80 Å². The van der Waals surface area contributed by atoms with Crippen molar-refractivity contribution in [3.05, 3.63) is 53.2 Å². The molecule has 0 aliphatic carbocycles. The molecule has 0 bridgehead atoms. The average Bonchev–Trinajstić information content (AvgIpc) is 2.99. The molecule has 0 spiro atoms. The number of rotatable bonds is 7. The fraction of sp³-hybridized carbons (Fsp3) is 0.455. The number of aromatic nitrogens is 1. The van der Waals surface area contributed by atoms with Gasteiger partial charge in [-0.25, -0.2) is 18.1 Å². The molecule has 1 aliphatic heterocycles. The Morgan fingerprint density at radius 3 is 2.68 bits per heavy atom. The summed E-state index contributed by atoms with van der Waals surface area (Å²) < 4.78 is 27.7. The highest BCUT2D eigenvalue weighted by atomic mass is 35.5. The van der Waals surface area contributed by atoms with Crippen molar-refractivity contribution < 1.29 is 13.2 Å². The SMILES string of the molecule is CCCC(C)NS(=O)(=O)c1ccc(N2CCCN(C(=O)c3cccc(Cl)c3)CC2)nc1. The van der Waals surface area contributed by atoms with Crippen molar-refractivity contribution in [2.75, 3.05) is 31.1 Å². The Bertz CT molecular complexity index is 998. The van der Waals surface area contributed by atoms with Crippen molar-refractivity contribution in [1.82, 2.24) is 14.6 Å². The molecular weight excluding hydrogens is 436 g/mol. The first-order chi connectivity index (χ1) is 14.8. The van der Waals surface area contributed by atoms with Gasteiger partial charge in [0, 0.05) is 49.0 Å². The summed E-state index contributed by atoms with van der Waals surface area (Å²) in [6.07, 6.45) is 3.88. The first-order valence-corrected chi connectivity index (χ1v) is 12.4. The summed E-state index contributed by atoms with van der Waals surface area (Å²) in [7, 11) is -3.59. The van der Waals surface area contributed by atoms with E-state index in [0.717, 1.165) is 25.8 Å². The zero-order chi connectivity index (χ0) is 22.4. The van der Waals surface area contributed by atoms with Crippen LogP contribution < -0.4 is 9.62 Å². The summed E-state index contributed by atoms with van der Waals surface area (Å²) in [5.41, 5.74) is 0.582. The van der Waals surface area contributed by atoms with E-state index < -0.39 is 10.0 Å². The predicted octanol–water partition coefficient (Wildman–Crippen LogP) is 3.55. The molecule has 1 saturated heterocycles. The number of nitrogens with zero attached hydrogens (tertiary/aromatic N) is 3. The predicted molar refractivity (Wildman–Crippen MR) is 123 cm³/mol. The Kier molecular flexibility index (Phi) is 7.91. The summed E-state index contributed by atoms with van der Waals surface area (Å²) in [5, 5.41) is 0.542. The first kappa shape index (κ1) is 23.5. The van der Waals surface area contributed by atoms with Gasteiger partial charge in [0.1, 0.15) is 10.7 Å². The molecule has 31 heavy (non-hydrogen) atoms. The third kappa shape index (κ3) is 6.18. The van der Waals surface area contributed by atoms with Gasteiger partial charge >= 0.3 is 0 Å². The van der Waals surface area contributed by atoms with Crippen molar-refractivity contribution in [3.8, 4) is 0 Å². The van der Waals surface area contributed by atoms with Crippen LogP contribution >= 0.6 is 11.6 Å². The number of nitrogens with one attached hydrogen (secondary N) is 1. The molecule has 1 amide bonds. The van der Waals surface area contributed by atoms with Gasteiger partial charge in [-0.3, -0.25) is 4.79 Å². The van der Waals surface area contributed by atoms with E-state index in [4.69, 9.17) is 11.6 Å². The molecule has 1 aromatic heterocycles. The summed E-state index contributed by atoms with van der Waals surface area (Å²) in [6, 6.07) is 10.2. The van der Waals surface area contributed by atoms with Gasteiger partial charge in [-0.15, -0.1) is 0 Å². The van der Waals surface area contributed by atoms with Gasteiger partial charge in [-0.2, -0.15) is 0 Å². The minimum Gasteiger partial charge on any atom is -0.355 e. The number of amides is 1. The number of pyridine rings is 1. The maximum atomic E-state index is 12.8. The maximum Gasteiger partial charge on any atom is 0.253 e. The Labute approximate surface area is 189 Å². The Morgan fingerprint density at radius 1 is 1.19 bits per heavy atom. The van der Waals surface area contributed by atoms with Crippen LogP contribution in [0.15, 0.2) is 47.5 Å².